The van der Waals surface area contributed by atoms with Gasteiger partial charge in [0, 0.05) is 8.59 Å². The molecular weight excluding hydrogens is 388 g/mol. The van der Waals surface area contributed by atoms with Crippen molar-refractivity contribution in [2.24, 2.45) is 0 Å². The number of hydrogen-bond acceptors (Lipinski definition) is 3. The highest BCUT2D eigenvalue weighted by molar-refractivity contribution is 14.1. The van der Waals surface area contributed by atoms with Crippen molar-refractivity contribution < 1.29 is 4.79 Å². The first-order chi connectivity index (χ1) is 8.56. The third-order valence-corrected chi connectivity index (χ3v) is 3.42. The highest BCUT2D eigenvalue weighted by atomic mass is 127. The second-order valence-electron chi connectivity index (χ2n) is 3.32. The Bertz CT molecular complexity index is 589. The van der Waals surface area contributed by atoms with Crippen LogP contribution in [0.5, 0.6) is 0 Å². The molecule has 0 fully saturated rings. The minimum absolute atomic E-state index is 0.269. The summed E-state index contributed by atoms with van der Waals surface area (Å²) >= 11 is 13.5. The summed E-state index contributed by atoms with van der Waals surface area (Å²) in [5.74, 6) is 0.0405. The number of nitrogens with one attached hydrogen (secondary N) is 1. The number of amides is 1. The molecule has 0 aliphatic heterocycles. The first-order valence-corrected chi connectivity index (χ1v) is 6.65. The van der Waals surface area contributed by atoms with Gasteiger partial charge < -0.3 is 5.32 Å². The van der Waals surface area contributed by atoms with Crippen LogP contribution in [0, 0.1) is 3.57 Å². The maximum absolute atomic E-state index is 12.0. The number of benzene rings is 1. The molecular formula is C11H6Cl2IN3O. The molecule has 0 aliphatic carbocycles. The highest BCUT2D eigenvalue weighted by Gasteiger charge is 2.11. The van der Waals surface area contributed by atoms with Gasteiger partial charge in [-0.15, -0.1) is 10.2 Å². The van der Waals surface area contributed by atoms with Gasteiger partial charge in [-0.3, -0.25) is 4.79 Å². The summed E-state index contributed by atoms with van der Waals surface area (Å²) in [5, 5.41) is 10.8. The SMILES string of the molecule is O=C(Nc1ccc(Cl)nn1)c1cc(Cl)ccc1I. The number of halogens is 3. The van der Waals surface area contributed by atoms with E-state index in [-0.39, 0.29) is 11.1 Å². The molecule has 2 aromatic rings. The minimum Gasteiger partial charge on any atom is -0.305 e. The molecule has 1 amide bonds. The van der Waals surface area contributed by atoms with Crippen LogP contribution in [0.15, 0.2) is 30.3 Å². The van der Waals surface area contributed by atoms with E-state index in [9.17, 15) is 4.79 Å². The lowest BCUT2D eigenvalue weighted by molar-refractivity contribution is 0.102. The van der Waals surface area contributed by atoms with Gasteiger partial charge in [0.15, 0.2) is 11.0 Å². The molecule has 0 atom stereocenters. The van der Waals surface area contributed by atoms with Crippen LogP contribution >= 0.6 is 45.8 Å². The number of hydrogen-bond donors (Lipinski definition) is 1. The van der Waals surface area contributed by atoms with Crippen LogP contribution in [0.25, 0.3) is 0 Å². The largest absolute Gasteiger partial charge is 0.305 e. The average molecular weight is 394 g/mol. The molecule has 1 heterocycles. The van der Waals surface area contributed by atoms with E-state index in [0.717, 1.165) is 3.57 Å². The van der Waals surface area contributed by atoms with E-state index in [0.29, 0.717) is 16.4 Å². The Morgan fingerprint density at radius 2 is 1.94 bits per heavy atom. The fraction of sp³-hybridized carbons (Fsp3) is 0. The Morgan fingerprint density at radius 3 is 2.61 bits per heavy atom. The van der Waals surface area contributed by atoms with E-state index in [1.165, 1.54) is 0 Å². The summed E-state index contributed by atoms with van der Waals surface area (Å²) in [7, 11) is 0. The molecule has 1 N–H and O–H groups in total. The zero-order chi connectivity index (χ0) is 13.1. The van der Waals surface area contributed by atoms with Gasteiger partial charge in [-0.2, -0.15) is 0 Å². The molecule has 0 saturated heterocycles. The number of carbonyl (C=O) groups is 1. The van der Waals surface area contributed by atoms with Crippen molar-refractivity contribution in [1.29, 1.82) is 0 Å². The smallest absolute Gasteiger partial charge is 0.257 e. The van der Waals surface area contributed by atoms with Crippen molar-refractivity contribution >= 4 is 57.5 Å². The predicted octanol–water partition coefficient (Wildman–Crippen LogP) is 3.64. The Balaban J connectivity index is 2.21. The van der Waals surface area contributed by atoms with Crippen molar-refractivity contribution in [2.75, 3.05) is 5.32 Å². The highest BCUT2D eigenvalue weighted by Crippen LogP contribution is 2.19. The maximum atomic E-state index is 12.0. The number of aromatic nitrogens is 2. The Kier molecular flexibility index (Phi) is 4.36. The topological polar surface area (TPSA) is 54.9 Å². The summed E-state index contributed by atoms with van der Waals surface area (Å²) in [5.41, 5.74) is 0.486. The molecule has 0 saturated carbocycles. The summed E-state index contributed by atoms with van der Waals surface area (Å²) in [6.07, 6.45) is 0. The first-order valence-electron chi connectivity index (χ1n) is 4.82. The molecule has 1 aromatic carbocycles. The van der Waals surface area contributed by atoms with E-state index in [1.807, 2.05) is 0 Å². The van der Waals surface area contributed by atoms with Gasteiger partial charge in [0.2, 0.25) is 0 Å². The molecule has 0 unspecified atom stereocenters. The van der Waals surface area contributed by atoms with Crippen LogP contribution in [0.2, 0.25) is 10.2 Å². The van der Waals surface area contributed by atoms with Crippen LogP contribution in [0.3, 0.4) is 0 Å². The molecule has 0 aliphatic rings. The lowest BCUT2D eigenvalue weighted by Crippen LogP contribution is -2.14. The van der Waals surface area contributed by atoms with Crippen LogP contribution in [0.4, 0.5) is 5.82 Å². The molecule has 7 heteroatoms. The zero-order valence-electron chi connectivity index (χ0n) is 8.82. The fourth-order valence-corrected chi connectivity index (χ4v) is 2.09. The summed E-state index contributed by atoms with van der Waals surface area (Å²) in [6.45, 7) is 0. The van der Waals surface area contributed by atoms with Gasteiger partial charge in [0.1, 0.15) is 0 Å². The van der Waals surface area contributed by atoms with E-state index in [1.54, 1.807) is 30.3 Å². The minimum atomic E-state index is -0.293. The molecule has 0 spiro atoms. The van der Waals surface area contributed by atoms with Gasteiger partial charge >= 0.3 is 0 Å². The molecule has 2 rings (SSSR count). The Morgan fingerprint density at radius 1 is 1.17 bits per heavy atom. The van der Waals surface area contributed by atoms with E-state index in [2.05, 4.69) is 38.1 Å². The van der Waals surface area contributed by atoms with Gasteiger partial charge in [0.25, 0.3) is 5.91 Å². The van der Waals surface area contributed by atoms with Gasteiger partial charge in [-0.05, 0) is 52.9 Å². The maximum Gasteiger partial charge on any atom is 0.257 e. The Hall–Kier alpha value is -0.920. The quantitative estimate of drug-likeness (QED) is 0.792. The summed E-state index contributed by atoms with van der Waals surface area (Å²) in [4.78, 5) is 12.0. The zero-order valence-corrected chi connectivity index (χ0v) is 12.5. The van der Waals surface area contributed by atoms with Crippen molar-refractivity contribution in [3.8, 4) is 0 Å². The molecule has 92 valence electrons. The normalized spacial score (nSPS) is 10.2. The van der Waals surface area contributed by atoms with E-state index >= 15 is 0 Å². The van der Waals surface area contributed by atoms with Crippen molar-refractivity contribution in [2.45, 2.75) is 0 Å². The lowest BCUT2D eigenvalue weighted by Gasteiger charge is -2.06. The molecule has 4 nitrogen and oxygen atoms in total. The number of rotatable bonds is 2. The van der Waals surface area contributed by atoms with Crippen molar-refractivity contribution in [3.05, 3.63) is 49.6 Å². The van der Waals surface area contributed by atoms with Crippen LogP contribution in [-0.4, -0.2) is 16.1 Å². The summed E-state index contributed by atoms with van der Waals surface area (Å²) in [6, 6.07) is 8.22. The second kappa shape index (κ2) is 5.81. The second-order valence-corrected chi connectivity index (χ2v) is 5.31. The van der Waals surface area contributed by atoms with Crippen LogP contribution in [0.1, 0.15) is 10.4 Å². The molecule has 18 heavy (non-hydrogen) atoms. The molecule has 0 radical (unpaired) electrons. The molecule has 1 aromatic heterocycles. The number of anilines is 1. The first kappa shape index (κ1) is 13.5. The monoisotopic (exact) mass is 393 g/mol. The van der Waals surface area contributed by atoms with Crippen molar-refractivity contribution in [1.82, 2.24) is 10.2 Å². The van der Waals surface area contributed by atoms with E-state index in [4.69, 9.17) is 23.2 Å². The predicted molar refractivity (Wildman–Crippen MR) is 79.2 cm³/mol. The van der Waals surface area contributed by atoms with Gasteiger partial charge in [-0.25, -0.2) is 0 Å². The van der Waals surface area contributed by atoms with Crippen LogP contribution in [-0.2, 0) is 0 Å². The average Bonchev–Trinajstić information content (AvgIpc) is 2.35. The number of nitrogens with zero attached hydrogens (tertiary/aromatic N) is 2. The Labute approximate surface area is 127 Å². The summed E-state index contributed by atoms with van der Waals surface area (Å²) < 4.78 is 0.802. The van der Waals surface area contributed by atoms with Gasteiger partial charge in [-0.1, -0.05) is 23.2 Å². The fourth-order valence-electron chi connectivity index (χ4n) is 1.24. The lowest BCUT2D eigenvalue weighted by atomic mass is 10.2. The van der Waals surface area contributed by atoms with Gasteiger partial charge in [0.05, 0.1) is 5.56 Å². The van der Waals surface area contributed by atoms with Crippen LogP contribution < -0.4 is 5.32 Å². The standard InChI is InChI=1S/C11H6Cl2IN3O/c12-6-1-2-8(14)7(5-6)11(18)15-10-4-3-9(13)16-17-10/h1-5H,(H,15,17,18). The molecule has 0 bridgehead atoms. The van der Waals surface area contributed by atoms with Crippen molar-refractivity contribution in [3.63, 3.8) is 0 Å². The van der Waals surface area contributed by atoms with E-state index < -0.39 is 0 Å². The number of carbonyl (C=O) groups excluding carboxylic acids is 1. The third-order valence-electron chi connectivity index (χ3n) is 2.05. The third kappa shape index (κ3) is 3.30.